The molecule has 0 saturated carbocycles. The molecule has 6 nitrogen and oxygen atoms in total. The van der Waals surface area contributed by atoms with E-state index in [2.05, 4.69) is 10.6 Å². The van der Waals surface area contributed by atoms with E-state index in [-0.39, 0.29) is 5.57 Å². The van der Waals surface area contributed by atoms with Gasteiger partial charge in [-0.2, -0.15) is 5.26 Å². The lowest BCUT2D eigenvalue weighted by atomic mass is 10.2. The number of anilines is 2. The minimum Gasteiger partial charge on any atom is -0.497 e. The minimum absolute atomic E-state index is 0.175. The summed E-state index contributed by atoms with van der Waals surface area (Å²) < 4.78 is 10.3. The number of hydrogen-bond donors (Lipinski definition) is 2. The fourth-order valence-corrected chi connectivity index (χ4v) is 2.54. The van der Waals surface area contributed by atoms with Crippen LogP contribution in [0.3, 0.4) is 0 Å². The lowest BCUT2D eigenvalue weighted by Gasteiger charge is -2.12. The number of amides is 1. The van der Waals surface area contributed by atoms with E-state index in [1.54, 1.807) is 36.4 Å². The van der Waals surface area contributed by atoms with Crippen molar-refractivity contribution in [1.29, 1.82) is 5.26 Å². The second-order valence-corrected chi connectivity index (χ2v) is 5.75. The third-order valence-corrected chi connectivity index (χ3v) is 3.97. The van der Waals surface area contributed by atoms with Gasteiger partial charge >= 0.3 is 0 Å². The highest BCUT2D eigenvalue weighted by molar-refractivity contribution is 6.39. The predicted molar refractivity (Wildman–Crippen MR) is 102 cm³/mol. The van der Waals surface area contributed by atoms with Crippen LogP contribution in [-0.2, 0) is 4.79 Å². The van der Waals surface area contributed by atoms with Crippen molar-refractivity contribution in [2.24, 2.45) is 0 Å². The van der Waals surface area contributed by atoms with Crippen molar-refractivity contribution in [3.8, 4) is 17.6 Å². The Balaban J connectivity index is 2.23. The molecule has 0 aliphatic rings. The molecule has 8 heteroatoms. The van der Waals surface area contributed by atoms with Gasteiger partial charge in [-0.3, -0.25) is 4.79 Å². The fourth-order valence-electron chi connectivity index (χ4n) is 2.03. The summed E-state index contributed by atoms with van der Waals surface area (Å²) in [5.74, 6) is 0.331. The molecule has 0 aliphatic heterocycles. The van der Waals surface area contributed by atoms with Crippen molar-refractivity contribution in [1.82, 2.24) is 0 Å². The lowest BCUT2D eigenvalue weighted by molar-refractivity contribution is -0.112. The Labute approximate surface area is 160 Å². The largest absolute Gasteiger partial charge is 0.497 e. The van der Waals surface area contributed by atoms with Crippen molar-refractivity contribution in [2.45, 2.75) is 0 Å². The molecule has 2 aromatic rings. The van der Waals surface area contributed by atoms with Crippen LogP contribution in [0.5, 0.6) is 11.5 Å². The highest BCUT2D eigenvalue weighted by Gasteiger charge is 2.14. The fraction of sp³-hybridized carbons (Fsp3) is 0.111. The second kappa shape index (κ2) is 8.99. The van der Waals surface area contributed by atoms with Crippen LogP contribution >= 0.6 is 23.2 Å². The molecule has 2 rings (SSSR count). The van der Waals surface area contributed by atoms with Gasteiger partial charge in [0, 0.05) is 12.3 Å². The summed E-state index contributed by atoms with van der Waals surface area (Å²) in [6.45, 7) is 0. The van der Waals surface area contributed by atoms with Gasteiger partial charge in [-0.1, -0.05) is 29.3 Å². The number of nitrogens with zero attached hydrogens (tertiary/aromatic N) is 1. The number of ether oxygens (including phenoxy) is 2. The molecule has 0 saturated heterocycles. The van der Waals surface area contributed by atoms with Gasteiger partial charge in [0.15, 0.2) is 0 Å². The van der Waals surface area contributed by atoms with Gasteiger partial charge in [0.25, 0.3) is 5.91 Å². The quantitative estimate of drug-likeness (QED) is 0.560. The maximum absolute atomic E-state index is 12.4. The Morgan fingerprint density at radius 2 is 1.85 bits per heavy atom. The van der Waals surface area contributed by atoms with E-state index >= 15 is 0 Å². The number of nitriles is 1. The third kappa shape index (κ3) is 4.60. The van der Waals surface area contributed by atoms with Gasteiger partial charge in [0.1, 0.15) is 23.1 Å². The Hall–Kier alpha value is -2.88. The van der Waals surface area contributed by atoms with Crippen LogP contribution in [0.2, 0.25) is 10.0 Å². The summed E-state index contributed by atoms with van der Waals surface area (Å²) >= 11 is 12.1. The van der Waals surface area contributed by atoms with Crippen molar-refractivity contribution < 1.29 is 14.3 Å². The summed E-state index contributed by atoms with van der Waals surface area (Å²) in [5.41, 5.74) is 0.593. The van der Waals surface area contributed by atoms with E-state index in [9.17, 15) is 10.1 Å². The average Bonchev–Trinajstić information content (AvgIpc) is 2.64. The molecule has 0 radical (unpaired) electrons. The zero-order valence-corrected chi connectivity index (χ0v) is 15.5. The number of nitrogens with one attached hydrogen (secondary N) is 2. The number of rotatable bonds is 6. The van der Waals surface area contributed by atoms with Gasteiger partial charge in [-0.05, 0) is 24.3 Å². The maximum atomic E-state index is 12.4. The third-order valence-electron chi connectivity index (χ3n) is 3.34. The maximum Gasteiger partial charge on any atom is 0.267 e. The molecule has 0 spiro atoms. The molecule has 0 heterocycles. The van der Waals surface area contributed by atoms with Gasteiger partial charge in [0.05, 0.1) is 35.6 Å². The minimum atomic E-state index is -0.630. The molecule has 2 aromatic carbocycles. The molecule has 1 amide bonds. The van der Waals surface area contributed by atoms with Crippen molar-refractivity contribution >= 4 is 40.5 Å². The highest BCUT2D eigenvalue weighted by atomic mass is 35.5. The first-order valence-corrected chi connectivity index (χ1v) is 8.10. The summed E-state index contributed by atoms with van der Waals surface area (Å²) in [5, 5.41) is 15.4. The van der Waals surface area contributed by atoms with Gasteiger partial charge < -0.3 is 20.1 Å². The van der Waals surface area contributed by atoms with Gasteiger partial charge in [0.2, 0.25) is 0 Å². The number of halogens is 2. The number of hydrogen-bond acceptors (Lipinski definition) is 5. The van der Waals surface area contributed by atoms with E-state index in [0.717, 1.165) is 0 Å². The second-order valence-electron chi connectivity index (χ2n) is 4.93. The smallest absolute Gasteiger partial charge is 0.267 e. The van der Waals surface area contributed by atoms with Crippen LogP contribution in [0, 0.1) is 11.3 Å². The Kier molecular flexibility index (Phi) is 6.73. The summed E-state index contributed by atoms with van der Waals surface area (Å²) in [6.07, 6.45) is 1.23. The van der Waals surface area contributed by atoms with Crippen LogP contribution in [0.1, 0.15) is 0 Å². The SMILES string of the molecule is COc1ccc(OC)c(NC(=O)/C(C#N)=C\Nc2c(Cl)cccc2Cl)c1. The van der Waals surface area contributed by atoms with E-state index in [1.807, 2.05) is 6.07 Å². The summed E-state index contributed by atoms with van der Waals surface area (Å²) in [6, 6.07) is 11.7. The van der Waals surface area contributed by atoms with E-state index in [0.29, 0.717) is 32.9 Å². The first-order chi connectivity index (χ1) is 12.5. The molecule has 0 bridgehead atoms. The normalized spacial score (nSPS) is 10.7. The van der Waals surface area contributed by atoms with Gasteiger partial charge in [-0.15, -0.1) is 0 Å². The van der Waals surface area contributed by atoms with Crippen molar-refractivity contribution in [2.75, 3.05) is 24.9 Å². The standard InChI is InChI=1S/C18H15Cl2N3O3/c1-25-12-6-7-16(26-2)15(8-12)23-18(24)11(9-21)10-22-17-13(19)4-3-5-14(17)20/h3-8,10,22H,1-2H3,(H,23,24)/b11-10-. The topological polar surface area (TPSA) is 83.4 Å². The highest BCUT2D eigenvalue weighted by Crippen LogP contribution is 2.31. The van der Waals surface area contributed by atoms with E-state index in [1.165, 1.54) is 20.4 Å². The lowest BCUT2D eigenvalue weighted by Crippen LogP contribution is -2.15. The average molecular weight is 392 g/mol. The molecule has 0 fully saturated rings. The van der Waals surface area contributed by atoms with Crippen molar-refractivity contribution in [3.05, 3.63) is 58.2 Å². The van der Waals surface area contributed by atoms with E-state index < -0.39 is 5.91 Å². The molecule has 0 aliphatic carbocycles. The van der Waals surface area contributed by atoms with Crippen LogP contribution in [0.15, 0.2) is 48.2 Å². The Morgan fingerprint density at radius 3 is 2.42 bits per heavy atom. The molecule has 26 heavy (non-hydrogen) atoms. The zero-order chi connectivity index (χ0) is 19.1. The van der Waals surface area contributed by atoms with Gasteiger partial charge in [-0.25, -0.2) is 0 Å². The summed E-state index contributed by atoms with van der Waals surface area (Å²) in [4.78, 5) is 12.4. The van der Waals surface area contributed by atoms with Crippen LogP contribution < -0.4 is 20.1 Å². The molecule has 0 aromatic heterocycles. The Morgan fingerprint density at radius 1 is 1.15 bits per heavy atom. The number of para-hydroxylation sites is 1. The first kappa shape index (κ1) is 19.4. The molecule has 0 unspecified atom stereocenters. The predicted octanol–water partition coefficient (Wildman–Crippen LogP) is 4.47. The first-order valence-electron chi connectivity index (χ1n) is 7.34. The number of carbonyl (C=O) groups excluding carboxylic acids is 1. The zero-order valence-electron chi connectivity index (χ0n) is 14.0. The molecule has 2 N–H and O–H groups in total. The number of benzene rings is 2. The molecular weight excluding hydrogens is 377 g/mol. The van der Waals surface area contributed by atoms with Crippen LogP contribution in [-0.4, -0.2) is 20.1 Å². The number of methoxy groups -OCH3 is 2. The van der Waals surface area contributed by atoms with Crippen LogP contribution in [0.4, 0.5) is 11.4 Å². The Bertz CT molecular complexity index is 871. The van der Waals surface area contributed by atoms with Crippen LogP contribution in [0.25, 0.3) is 0 Å². The molecule has 0 atom stereocenters. The van der Waals surface area contributed by atoms with E-state index in [4.69, 9.17) is 32.7 Å². The monoisotopic (exact) mass is 391 g/mol. The van der Waals surface area contributed by atoms with Crippen molar-refractivity contribution in [3.63, 3.8) is 0 Å². The summed E-state index contributed by atoms with van der Waals surface area (Å²) in [7, 11) is 2.98. The number of carbonyl (C=O) groups is 1. The molecule has 134 valence electrons. The molecular formula is C18H15Cl2N3O3.